The van der Waals surface area contributed by atoms with Crippen molar-refractivity contribution >= 4 is 0 Å². The summed E-state index contributed by atoms with van der Waals surface area (Å²) in [4.78, 5) is 0. The summed E-state index contributed by atoms with van der Waals surface area (Å²) in [5.41, 5.74) is 1.32. The van der Waals surface area contributed by atoms with E-state index in [0.717, 1.165) is 38.9 Å². The van der Waals surface area contributed by atoms with Gasteiger partial charge in [-0.15, -0.1) is 0 Å². The van der Waals surface area contributed by atoms with E-state index in [9.17, 15) is 0 Å². The number of methoxy groups -OCH3 is 3. The Bertz CT molecular complexity index is 451. The molecule has 0 bridgehead atoms. The lowest BCUT2D eigenvalue weighted by Gasteiger charge is -2.36. The Morgan fingerprint density at radius 3 is 2.00 bits per heavy atom. The van der Waals surface area contributed by atoms with Gasteiger partial charge in [0.05, 0.1) is 6.61 Å². The summed E-state index contributed by atoms with van der Waals surface area (Å²) in [6, 6.07) is 10.5. The predicted molar refractivity (Wildman–Crippen MR) is 115 cm³/mol. The van der Waals surface area contributed by atoms with Crippen molar-refractivity contribution in [1.29, 1.82) is 0 Å². The van der Waals surface area contributed by atoms with Crippen LogP contribution in [-0.4, -0.2) is 40.5 Å². The highest BCUT2D eigenvalue weighted by Gasteiger charge is 2.39. The van der Waals surface area contributed by atoms with E-state index in [-0.39, 0.29) is 5.92 Å². The van der Waals surface area contributed by atoms with Gasteiger partial charge >= 0.3 is 0 Å². The fourth-order valence-electron chi connectivity index (χ4n) is 3.79. The molecule has 4 nitrogen and oxygen atoms in total. The van der Waals surface area contributed by atoms with Crippen molar-refractivity contribution in [1.82, 2.24) is 0 Å². The molecule has 0 fully saturated rings. The maximum Gasteiger partial charge on any atom is 0.285 e. The molecule has 0 heterocycles. The van der Waals surface area contributed by atoms with Gasteiger partial charge in [0.25, 0.3) is 5.97 Å². The first kappa shape index (κ1) is 25.1. The topological polar surface area (TPSA) is 36.9 Å². The number of ether oxygens (including phenoxy) is 4. The second-order valence-electron chi connectivity index (χ2n) is 7.46. The minimum absolute atomic E-state index is 0.205. The third-order valence-electron chi connectivity index (χ3n) is 5.48. The molecule has 1 unspecified atom stereocenters. The van der Waals surface area contributed by atoms with Crippen molar-refractivity contribution in [2.24, 2.45) is 5.92 Å². The maximum absolute atomic E-state index is 5.85. The smallest absolute Gasteiger partial charge is 0.285 e. The molecule has 1 rings (SSSR count). The van der Waals surface area contributed by atoms with Gasteiger partial charge in [0.1, 0.15) is 0 Å². The zero-order valence-corrected chi connectivity index (χ0v) is 18.6. The van der Waals surface area contributed by atoms with E-state index in [0.29, 0.717) is 0 Å². The van der Waals surface area contributed by atoms with Gasteiger partial charge in [-0.2, -0.15) is 0 Å². The van der Waals surface area contributed by atoms with Gasteiger partial charge in [-0.25, -0.2) is 0 Å². The molecule has 0 aliphatic carbocycles. The number of hydrogen-bond donors (Lipinski definition) is 0. The fourth-order valence-corrected chi connectivity index (χ4v) is 3.79. The van der Waals surface area contributed by atoms with Crippen LogP contribution < -0.4 is 0 Å². The summed E-state index contributed by atoms with van der Waals surface area (Å²) in [6.07, 6.45) is 11.7. The number of rotatable bonds is 18. The van der Waals surface area contributed by atoms with E-state index in [4.69, 9.17) is 18.9 Å². The van der Waals surface area contributed by atoms with Gasteiger partial charge in [-0.1, -0.05) is 75.8 Å². The van der Waals surface area contributed by atoms with E-state index < -0.39 is 5.97 Å². The lowest BCUT2D eigenvalue weighted by molar-refractivity contribution is -0.380. The highest BCUT2D eigenvalue weighted by molar-refractivity contribution is 5.14. The van der Waals surface area contributed by atoms with Gasteiger partial charge in [0.2, 0.25) is 0 Å². The first-order valence-corrected chi connectivity index (χ1v) is 11.0. The molecule has 4 heteroatoms. The van der Waals surface area contributed by atoms with E-state index in [1.54, 1.807) is 21.3 Å². The average Bonchev–Trinajstić information content (AvgIpc) is 2.74. The Hall–Kier alpha value is -0.940. The van der Waals surface area contributed by atoms with Crippen LogP contribution in [0.4, 0.5) is 0 Å². The predicted octanol–water partition coefficient (Wildman–Crippen LogP) is 5.99. The summed E-state index contributed by atoms with van der Waals surface area (Å²) in [5.74, 6) is -0.746. The monoisotopic (exact) mass is 394 g/mol. The van der Waals surface area contributed by atoms with Crippen molar-refractivity contribution in [3.05, 3.63) is 35.9 Å². The van der Waals surface area contributed by atoms with Crippen LogP contribution in [0.15, 0.2) is 30.3 Å². The van der Waals surface area contributed by atoms with Gasteiger partial charge < -0.3 is 18.9 Å². The number of hydrogen-bond acceptors (Lipinski definition) is 4. The zero-order chi connectivity index (χ0) is 20.5. The molecule has 0 spiro atoms. The third kappa shape index (κ3) is 9.51. The molecule has 1 atom stereocenters. The Morgan fingerprint density at radius 2 is 1.36 bits per heavy atom. The van der Waals surface area contributed by atoms with Crippen molar-refractivity contribution < 1.29 is 18.9 Å². The van der Waals surface area contributed by atoms with Gasteiger partial charge in [-0.3, -0.25) is 0 Å². The van der Waals surface area contributed by atoms with Crippen LogP contribution in [0.25, 0.3) is 0 Å². The lowest BCUT2D eigenvalue weighted by atomic mass is 9.93. The van der Waals surface area contributed by atoms with E-state index in [1.807, 2.05) is 6.07 Å². The third-order valence-corrected chi connectivity index (χ3v) is 5.48. The van der Waals surface area contributed by atoms with E-state index >= 15 is 0 Å². The van der Waals surface area contributed by atoms with Crippen molar-refractivity contribution in [2.75, 3.05) is 34.5 Å². The Balaban J connectivity index is 2.35. The molecule has 0 aliphatic rings. The minimum Gasteiger partial charge on any atom is -0.381 e. The average molecular weight is 395 g/mol. The highest BCUT2D eigenvalue weighted by atomic mass is 16.9. The summed E-state index contributed by atoms with van der Waals surface area (Å²) < 4.78 is 22.8. The molecule has 0 saturated heterocycles. The van der Waals surface area contributed by atoms with Gasteiger partial charge in [-0.05, 0) is 31.2 Å². The molecule has 1 aromatic carbocycles. The SMILES string of the molecule is CCCCCCCCC(CCCOCCc1ccccc1)C(OC)(OC)OC. The normalized spacial score (nSPS) is 13.0. The zero-order valence-electron chi connectivity index (χ0n) is 18.6. The second-order valence-corrected chi connectivity index (χ2v) is 7.46. The van der Waals surface area contributed by atoms with Crippen LogP contribution in [0.1, 0.15) is 70.3 Å². The maximum atomic E-state index is 5.85. The van der Waals surface area contributed by atoms with Crippen LogP contribution in [0.5, 0.6) is 0 Å². The van der Waals surface area contributed by atoms with Crippen LogP contribution in [0, 0.1) is 5.92 Å². The van der Waals surface area contributed by atoms with Crippen molar-refractivity contribution in [3.8, 4) is 0 Å². The standard InChI is InChI=1S/C24H42O4/c1-5-6-7-8-9-13-17-23(24(25-2,26-3)27-4)18-14-20-28-21-19-22-15-11-10-12-16-22/h10-12,15-16,23H,5-9,13-14,17-21H2,1-4H3. The first-order chi connectivity index (χ1) is 13.7. The lowest BCUT2D eigenvalue weighted by Crippen LogP contribution is -2.44. The van der Waals surface area contributed by atoms with Gasteiger partial charge in [0, 0.05) is 33.9 Å². The molecule has 0 radical (unpaired) electrons. The largest absolute Gasteiger partial charge is 0.381 e. The highest BCUT2D eigenvalue weighted by Crippen LogP contribution is 2.32. The van der Waals surface area contributed by atoms with E-state index in [1.165, 1.54) is 44.1 Å². The summed E-state index contributed by atoms with van der Waals surface area (Å²) >= 11 is 0. The Kier molecular flexibility index (Phi) is 14.3. The van der Waals surface area contributed by atoms with Crippen molar-refractivity contribution in [2.45, 2.75) is 77.1 Å². The number of benzene rings is 1. The molecule has 28 heavy (non-hydrogen) atoms. The molecule has 0 saturated carbocycles. The van der Waals surface area contributed by atoms with Gasteiger partial charge in [0.15, 0.2) is 0 Å². The van der Waals surface area contributed by atoms with E-state index in [2.05, 4.69) is 31.2 Å². The molecule has 0 aromatic heterocycles. The minimum atomic E-state index is -0.951. The van der Waals surface area contributed by atoms with Crippen LogP contribution in [-0.2, 0) is 25.4 Å². The molecular weight excluding hydrogens is 352 g/mol. The molecule has 0 aliphatic heterocycles. The summed E-state index contributed by atoms with van der Waals surface area (Å²) in [6.45, 7) is 3.77. The Labute approximate surface area is 172 Å². The van der Waals surface area contributed by atoms with Crippen LogP contribution >= 0.6 is 0 Å². The molecule has 0 N–H and O–H groups in total. The Morgan fingerprint density at radius 1 is 0.750 bits per heavy atom. The van der Waals surface area contributed by atoms with Crippen molar-refractivity contribution in [3.63, 3.8) is 0 Å². The summed E-state index contributed by atoms with van der Waals surface area (Å²) in [7, 11) is 4.99. The second kappa shape index (κ2) is 15.9. The number of unbranched alkanes of at least 4 members (excludes halogenated alkanes) is 5. The van der Waals surface area contributed by atoms with Crippen LogP contribution in [0.3, 0.4) is 0 Å². The molecule has 1 aromatic rings. The van der Waals surface area contributed by atoms with Crippen LogP contribution in [0.2, 0.25) is 0 Å². The quantitative estimate of drug-likeness (QED) is 0.226. The summed E-state index contributed by atoms with van der Waals surface area (Å²) in [5, 5.41) is 0. The molecule has 162 valence electrons. The fraction of sp³-hybridized carbons (Fsp3) is 0.750. The molecular formula is C24H42O4. The molecule has 0 amide bonds. The first-order valence-electron chi connectivity index (χ1n) is 11.0.